The molecule has 0 unspecified atom stereocenters. The molecule has 0 fully saturated rings. The maximum atomic E-state index is 5.25. The van der Waals surface area contributed by atoms with E-state index in [4.69, 9.17) is 4.84 Å². The van der Waals surface area contributed by atoms with Crippen LogP contribution < -0.4 is 4.90 Å². The Morgan fingerprint density at radius 3 is 2.43 bits per heavy atom. The SMILES string of the molecule is CN(C)c1ccc(C=CC=C2CON=C2c2ccccc2)cc1. The molecule has 116 valence electrons. The Bertz CT molecular complexity index is 741. The molecule has 0 N–H and O–H groups in total. The molecule has 0 spiro atoms. The summed E-state index contributed by atoms with van der Waals surface area (Å²) in [7, 11) is 4.08. The van der Waals surface area contributed by atoms with Gasteiger partial charge in [0, 0.05) is 30.9 Å². The molecule has 3 rings (SSSR count). The molecule has 1 aliphatic rings. The second-order valence-electron chi connectivity index (χ2n) is 5.62. The molecule has 0 saturated heterocycles. The van der Waals surface area contributed by atoms with Gasteiger partial charge >= 0.3 is 0 Å². The van der Waals surface area contributed by atoms with Crippen molar-refractivity contribution in [2.45, 2.75) is 0 Å². The summed E-state index contributed by atoms with van der Waals surface area (Å²) in [6.07, 6.45) is 6.21. The molecule has 0 radical (unpaired) electrons. The largest absolute Gasteiger partial charge is 0.390 e. The van der Waals surface area contributed by atoms with E-state index in [0.717, 1.165) is 16.8 Å². The smallest absolute Gasteiger partial charge is 0.144 e. The van der Waals surface area contributed by atoms with Gasteiger partial charge in [0.15, 0.2) is 0 Å². The molecule has 0 aromatic heterocycles. The second kappa shape index (κ2) is 6.97. The lowest BCUT2D eigenvalue weighted by molar-refractivity contribution is 0.187. The van der Waals surface area contributed by atoms with Crippen LogP contribution in [0.3, 0.4) is 0 Å². The first-order chi connectivity index (χ1) is 11.2. The zero-order valence-corrected chi connectivity index (χ0v) is 13.4. The molecule has 2 aromatic rings. The van der Waals surface area contributed by atoms with Crippen LogP contribution in [0.2, 0.25) is 0 Å². The number of anilines is 1. The molecule has 23 heavy (non-hydrogen) atoms. The zero-order chi connectivity index (χ0) is 16.1. The van der Waals surface area contributed by atoms with Crippen molar-refractivity contribution in [2.75, 3.05) is 25.6 Å². The van der Waals surface area contributed by atoms with E-state index in [9.17, 15) is 0 Å². The average Bonchev–Trinajstić information content (AvgIpc) is 3.05. The Morgan fingerprint density at radius 2 is 1.74 bits per heavy atom. The van der Waals surface area contributed by atoms with Gasteiger partial charge in [-0.05, 0) is 17.7 Å². The van der Waals surface area contributed by atoms with Gasteiger partial charge in [-0.25, -0.2) is 0 Å². The molecule has 1 heterocycles. The van der Waals surface area contributed by atoms with Crippen LogP contribution in [0.4, 0.5) is 5.69 Å². The molecular formula is C20H20N2O. The number of benzene rings is 2. The van der Waals surface area contributed by atoms with Gasteiger partial charge in [0.05, 0.1) is 0 Å². The van der Waals surface area contributed by atoms with E-state index in [1.54, 1.807) is 0 Å². The lowest BCUT2D eigenvalue weighted by Crippen LogP contribution is -2.07. The molecule has 0 amide bonds. The Labute approximate surface area is 137 Å². The fraction of sp³-hybridized carbons (Fsp3) is 0.150. The fourth-order valence-electron chi connectivity index (χ4n) is 2.41. The molecule has 3 nitrogen and oxygen atoms in total. The third-order valence-electron chi connectivity index (χ3n) is 3.72. The summed E-state index contributed by atoms with van der Waals surface area (Å²) in [4.78, 5) is 7.34. The topological polar surface area (TPSA) is 24.8 Å². The number of hydrogen-bond donors (Lipinski definition) is 0. The Hall–Kier alpha value is -2.81. The third-order valence-corrected chi connectivity index (χ3v) is 3.72. The minimum absolute atomic E-state index is 0.522. The molecular weight excluding hydrogens is 284 g/mol. The monoisotopic (exact) mass is 304 g/mol. The summed E-state index contributed by atoms with van der Waals surface area (Å²) >= 11 is 0. The van der Waals surface area contributed by atoms with Gasteiger partial charge in [-0.2, -0.15) is 0 Å². The van der Waals surface area contributed by atoms with Crippen molar-refractivity contribution in [1.82, 2.24) is 0 Å². The third kappa shape index (κ3) is 3.69. The highest BCUT2D eigenvalue weighted by molar-refractivity contribution is 6.13. The van der Waals surface area contributed by atoms with Crippen molar-refractivity contribution in [3.8, 4) is 0 Å². The van der Waals surface area contributed by atoms with E-state index < -0.39 is 0 Å². The first-order valence-corrected chi connectivity index (χ1v) is 7.64. The van der Waals surface area contributed by atoms with Crippen LogP contribution in [0.25, 0.3) is 6.08 Å². The molecule has 3 heteroatoms. The maximum Gasteiger partial charge on any atom is 0.144 e. The van der Waals surface area contributed by atoms with Crippen molar-refractivity contribution >= 4 is 17.5 Å². The summed E-state index contributed by atoms with van der Waals surface area (Å²) < 4.78 is 0. The van der Waals surface area contributed by atoms with Gasteiger partial charge in [-0.3, -0.25) is 0 Å². The lowest BCUT2D eigenvalue weighted by atomic mass is 10.0. The fourth-order valence-corrected chi connectivity index (χ4v) is 2.41. The van der Waals surface area contributed by atoms with Gasteiger partial charge in [0.1, 0.15) is 12.3 Å². The number of rotatable bonds is 4. The van der Waals surface area contributed by atoms with Gasteiger partial charge in [0.25, 0.3) is 0 Å². The Morgan fingerprint density at radius 1 is 1.00 bits per heavy atom. The Balaban J connectivity index is 1.73. The zero-order valence-electron chi connectivity index (χ0n) is 13.4. The lowest BCUT2D eigenvalue weighted by Gasteiger charge is -2.11. The summed E-state index contributed by atoms with van der Waals surface area (Å²) in [6.45, 7) is 0.522. The van der Waals surface area contributed by atoms with E-state index >= 15 is 0 Å². The number of oxime groups is 1. The van der Waals surface area contributed by atoms with Gasteiger partial charge in [-0.1, -0.05) is 65.8 Å². The maximum absolute atomic E-state index is 5.25. The predicted octanol–water partition coefficient (Wildman–Crippen LogP) is 4.13. The van der Waals surface area contributed by atoms with Crippen LogP contribution in [0, 0.1) is 0 Å². The van der Waals surface area contributed by atoms with E-state index in [-0.39, 0.29) is 0 Å². The van der Waals surface area contributed by atoms with E-state index in [0.29, 0.717) is 6.61 Å². The van der Waals surface area contributed by atoms with Crippen molar-refractivity contribution in [3.63, 3.8) is 0 Å². The predicted molar refractivity (Wildman–Crippen MR) is 96.8 cm³/mol. The summed E-state index contributed by atoms with van der Waals surface area (Å²) in [6, 6.07) is 18.6. The molecule has 0 aliphatic carbocycles. The molecule has 1 aliphatic heterocycles. The molecule has 0 bridgehead atoms. The summed E-state index contributed by atoms with van der Waals surface area (Å²) in [5.41, 5.74) is 5.46. The summed E-state index contributed by atoms with van der Waals surface area (Å²) in [5.74, 6) is 0. The van der Waals surface area contributed by atoms with Gasteiger partial charge in [0.2, 0.25) is 0 Å². The van der Waals surface area contributed by atoms with E-state index in [2.05, 4.69) is 46.5 Å². The molecule has 0 atom stereocenters. The van der Waals surface area contributed by atoms with Crippen molar-refractivity contribution in [1.29, 1.82) is 0 Å². The van der Waals surface area contributed by atoms with Gasteiger partial charge < -0.3 is 9.74 Å². The van der Waals surface area contributed by atoms with Crippen LogP contribution >= 0.6 is 0 Å². The van der Waals surface area contributed by atoms with E-state index in [1.807, 2.05) is 50.5 Å². The van der Waals surface area contributed by atoms with Crippen molar-refractivity contribution in [2.24, 2.45) is 5.16 Å². The highest BCUT2D eigenvalue weighted by Gasteiger charge is 2.16. The van der Waals surface area contributed by atoms with Crippen molar-refractivity contribution in [3.05, 3.63) is 83.4 Å². The van der Waals surface area contributed by atoms with Crippen molar-refractivity contribution < 1.29 is 4.84 Å². The van der Waals surface area contributed by atoms with Crippen LogP contribution in [0.1, 0.15) is 11.1 Å². The highest BCUT2D eigenvalue weighted by Crippen LogP contribution is 2.17. The standard InChI is InChI=1S/C20H20N2O/c1-22(2)19-13-11-16(12-14-19)7-6-10-18-15-23-21-20(18)17-8-4-3-5-9-17/h3-14H,15H2,1-2H3. The summed E-state index contributed by atoms with van der Waals surface area (Å²) in [5, 5.41) is 4.15. The van der Waals surface area contributed by atoms with Gasteiger partial charge in [-0.15, -0.1) is 0 Å². The number of hydrogen-bond acceptors (Lipinski definition) is 3. The molecule has 0 saturated carbocycles. The van der Waals surface area contributed by atoms with E-state index in [1.165, 1.54) is 11.3 Å². The minimum atomic E-state index is 0.522. The second-order valence-corrected chi connectivity index (χ2v) is 5.62. The van der Waals surface area contributed by atoms with Crippen LogP contribution in [0.15, 0.2) is 77.5 Å². The van der Waals surface area contributed by atoms with Crippen LogP contribution in [0.5, 0.6) is 0 Å². The Kier molecular flexibility index (Phi) is 4.57. The molecule has 2 aromatic carbocycles. The van der Waals surface area contributed by atoms with Crippen LogP contribution in [-0.4, -0.2) is 26.4 Å². The first-order valence-electron chi connectivity index (χ1n) is 7.64. The average molecular weight is 304 g/mol. The number of nitrogens with zero attached hydrogens (tertiary/aromatic N) is 2. The quantitative estimate of drug-likeness (QED) is 0.848. The number of allylic oxidation sites excluding steroid dienone is 2. The normalized spacial score (nSPS) is 15.7. The minimum Gasteiger partial charge on any atom is -0.390 e. The van der Waals surface area contributed by atoms with Crippen LogP contribution in [-0.2, 0) is 4.84 Å². The highest BCUT2D eigenvalue weighted by atomic mass is 16.6. The first kappa shape index (κ1) is 15.1.